The van der Waals surface area contributed by atoms with Crippen LogP contribution in [0.4, 0.5) is 22.0 Å². The van der Waals surface area contributed by atoms with E-state index in [9.17, 15) is 31.5 Å². The molecule has 9 heteroatoms. The van der Waals surface area contributed by atoms with Gasteiger partial charge in [0.1, 0.15) is 5.60 Å². The molecule has 4 nitrogen and oxygen atoms in total. The van der Waals surface area contributed by atoms with Crippen molar-refractivity contribution < 1.29 is 41.4 Å². The van der Waals surface area contributed by atoms with Crippen LogP contribution in [-0.4, -0.2) is 34.7 Å². The Hall–Kier alpha value is -1.41. The van der Waals surface area contributed by atoms with Gasteiger partial charge in [0.05, 0.1) is 11.8 Å². The molecule has 0 bridgehead atoms. The molecule has 0 amide bonds. The molecular formula is C15H23F5O4. The van der Waals surface area contributed by atoms with E-state index in [2.05, 4.69) is 0 Å². The van der Waals surface area contributed by atoms with Crippen molar-refractivity contribution in [2.45, 2.75) is 71.1 Å². The minimum absolute atomic E-state index is 0.576. The highest BCUT2D eigenvalue weighted by Crippen LogP contribution is 2.33. The summed E-state index contributed by atoms with van der Waals surface area (Å²) in [5, 5.41) is 9.15. The standard InChI is InChI=1S/C15H23F5O4/c1-13(2,3)24-12(23)10(5-7-14(4,16)17)9(11(21)22)6-8-15(18,19)20/h9-10H,5-8H2,1-4H3,(H,21,22). The third kappa shape index (κ3) is 10.4. The molecule has 0 radical (unpaired) electrons. The molecule has 0 spiro atoms. The normalized spacial score (nSPS) is 15.7. The lowest BCUT2D eigenvalue weighted by molar-refractivity contribution is -0.171. The van der Waals surface area contributed by atoms with Gasteiger partial charge in [-0.2, -0.15) is 13.2 Å². The van der Waals surface area contributed by atoms with Gasteiger partial charge in [-0.05, 0) is 40.5 Å². The van der Waals surface area contributed by atoms with Crippen molar-refractivity contribution in [3.8, 4) is 0 Å². The minimum Gasteiger partial charge on any atom is -0.481 e. The molecule has 0 saturated heterocycles. The highest BCUT2D eigenvalue weighted by atomic mass is 19.4. The van der Waals surface area contributed by atoms with Crippen molar-refractivity contribution in [2.75, 3.05) is 0 Å². The van der Waals surface area contributed by atoms with Crippen molar-refractivity contribution in [3.63, 3.8) is 0 Å². The first-order valence-electron chi connectivity index (χ1n) is 7.42. The van der Waals surface area contributed by atoms with E-state index in [4.69, 9.17) is 9.84 Å². The van der Waals surface area contributed by atoms with Crippen LogP contribution in [0.15, 0.2) is 0 Å². The van der Waals surface area contributed by atoms with Gasteiger partial charge in [-0.1, -0.05) is 0 Å². The molecule has 0 aromatic carbocycles. The van der Waals surface area contributed by atoms with Crippen molar-refractivity contribution in [1.82, 2.24) is 0 Å². The predicted octanol–water partition coefficient (Wildman–Crippen LogP) is 4.42. The van der Waals surface area contributed by atoms with E-state index < -0.39 is 67.2 Å². The lowest BCUT2D eigenvalue weighted by Gasteiger charge is -2.28. The number of carboxylic acid groups (broad SMARTS) is 1. The van der Waals surface area contributed by atoms with Gasteiger partial charge in [0, 0.05) is 12.8 Å². The molecule has 2 unspecified atom stereocenters. The lowest BCUT2D eigenvalue weighted by Crippen LogP contribution is -2.37. The first-order chi connectivity index (χ1) is 10.5. The lowest BCUT2D eigenvalue weighted by atomic mass is 9.84. The first-order valence-corrected chi connectivity index (χ1v) is 7.42. The fourth-order valence-electron chi connectivity index (χ4n) is 2.09. The first kappa shape index (κ1) is 22.6. The van der Waals surface area contributed by atoms with E-state index in [1.54, 1.807) is 0 Å². The highest BCUT2D eigenvalue weighted by molar-refractivity contribution is 5.81. The van der Waals surface area contributed by atoms with Crippen molar-refractivity contribution >= 4 is 11.9 Å². The van der Waals surface area contributed by atoms with Gasteiger partial charge >= 0.3 is 18.1 Å². The van der Waals surface area contributed by atoms with Crippen molar-refractivity contribution in [2.24, 2.45) is 11.8 Å². The molecule has 0 aromatic rings. The number of halogens is 5. The molecular weight excluding hydrogens is 339 g/mol. The quantitative estimate of drug-likeness (QED) is 0.513. The molecule has 0 rings (SSSR count). The zero-order valence-electron chi connectivity index (χ0n) is 14.0. The summed E-state index contributed by atoms with van der Waals surface area (Å²) in [5.74, 6) is -9.22. The fraction of sp³-hybridized carbons (Fsp3) is 0.867. The van der Waals surface area contributed by atoms with E-state index >= 15 is 0 Å². The number of hydrogen-bond donors (Lipinski definition) is 1. The largest absolute Gasteiger partial charge is 0.481 e. The van der Waals surface area contributed by atoms with Gasteiger partial charge in [-0.25, -0.2) is 8.78 Å². The molecule has 24 heavy (non-hydrogen) atoms. The van der Waals surface area contributed by atoms with E-state index in [1.807, 2.05) is 0 Å². The predicted molar refractivity (Wildman–Crippen MR) is 75.6 cm³/mol. The summed E-state index contributed by atoms with van der Waals surface area (Å²) >= 11 is 0. The van der Waals surface area contributed by atoms with Crippen LogP contribution in [0.25, 0.3) is 0 Å². The molecule has 0 aliphatic carbocycles. The second-order valence-electron chi connectivity index (χ2n) is 6.85. The number of alkyl halides is 5. The number of hydrogen-bond acceptors (Lipinski definition) is 3. The van der Waals surface area contributed by atoms with Gasteiger partial charge in [0.25, 0.3) is 0 Å². The Kier molecular flexibility index (Phi) is 7.64. The fourth-order valence-corrected chi connectivity index (χ4v) is 2.09. The number of rotatable bonds is 8. The monoisotopic (exact) mass is 362 g/mol. The molecule has 0 aliphatic heterocycles. The number of ether oxygens (including phenoxy) is 1. The average molecular weight is 362 g/mol. The second kappa shape index (κ2) is 8.11. The summed E-state index contributed by atoms with van der Waals surface area (Å²) in [7, 11) is 0. The Bertz CT molecular complexity index is 435. The smallest absolute Gasteiger partial charge is 0.389 e. The maximum atomic E-state index is 13.0. The number of aliphatic carboxylic acids is 1. The number of carboxylic acids is 1. The van der Waals surface area contributed by atoms with Crippen LogP contribution < -0.4 is 0 Å². The average Bonchev–Trinajstić information content (AvgIpc) is 2.27. The molecule has 2 atom stereocenters. The van der Waals surface area contributed by atoms with Crippen LogP contribution in [0.3, 0.4) is 0 Å². The molecule has 0 heterocycles. The molecule has 1 N–H and O–H groups in total. The highest BCUT2D eigenvalue weighted by Gasteiger charge is 2.40. The minimum atomic E-state index is -4.61. The third-order valence-corrected chi connectivity index (χ3v) is 3.15. The number of carbonyl (C=O) groups is 2. The van der Waals surface area contributed by atoms with E-state index in [1.165, 1.54) is 20.8 Å². The van der Waals surface area contributed by atoms with Crippen molar-refractivity contribution in [3.05, 3.63) is 0 Å². The van der Waals surface area contributed by atoms with Crippen LogP contribution in [0, 0.1) is 11.8 Å². The molecule has 142 valence electrons. The van der Waals surface area contributed by atoms with Crippen LogP contribution >= 0.6 is 0 Å². The van der Waals surface area contributed by atoms with E-state index in [-0.39, 0.29) is 0 Å². The SMILES string of the molecule is CC(F)(F)CCC(C(=O)OC(C)(C)C)C(CCC(F)(F)F)C(=O)O. The van der Waals surface area contributed by atoms with Crippen molar-refractivity contribution in [1.29, 1.82) is 0 Å². The van der Waals surface area contributed by atoms with E-state index in [0.29, 0.717) is 6.92 Å². The van der Waals surface area contributed by atoms with Gasteiger partial charge in [-0.3, -0.25) is 9.59 Å². The Balaban J connectivity index is 5.34. The number of esters is 1. The van der Waals surface area contributed by atoms with E-state index in [0.717, 1.165) is 0 Å². The van der Waals surface area contributed by atoms with Crippen LogP contribution in [0.1, 0.15) is 53.4 Å². The molecule has 0 aliphatic rings. The van der Waals surface area contributed by atoms with Crippen LogP contribution in [-0.2, 0) is 14.3 Å². The topological polar surface area (TPSA) is 63.6 Å². The summed E-state index contributed by atoms with van der Waals surface area (Å²) in [6.45, 7) is 5.05. The van der Waals surface area contributed by atoms with Crippen LogP contribution in [0.5, 0.6) is 0 Å². The summed E-state index contributed by atoms with van der Waals surface area (Å²) in [6, 6.07) is 0. The summed E-state index contributed by atoms with van der Waals surface area (Å²) in [5.41, 5.74) is -1.02. The molecule has 0 aromatic heterocycles. The van der Waals surface area contributed by atoms with Gasteiger partial charge < -0.3 is 9.84 Å². The van der Waals surface area contributed by atoms with Gasteiger partial charge in [0.2, 0.25) is 5.92 Å². The van der Waals surface area contributed by atoms with Gasteiger partial charge in [0.15, 0.2) is 0 Å². The maximum absolute atomic E-state index is 13.0. The third-order valence-electron chi connectivity index (χ3n) is 3.15. The second-order valence-corrected chi connectivity index (χ2v) is 6.85. The van der Waals surface area contributed by atoms with Gasteiger partial charge in [-0.15, -0.1) is 0 Å². The summed E-state index contributed by atoms with van der Waals surface area (Å²) in [6.07, 6.45) is -8.31. The molecule has 0 saturated carbocycles. The molecule has 0 fully saturated rings. The maximum Gasteiger partial charge on any atom is 0.389 e. The zero-order valence-corrected chi connectivity index (χ0v) is 14.0. The summed E-state index contributed by atoms with van der Waals surface area (Å²) < 4.78 is 68.2. The Labute approximate surface area is 137 Å². The zero-order chi connectivity index (χ0) is 19.3. The Morgan fingerprint density at radius 2 is 1.38 bits per heavy atom. The Morgan fingerprint density at radius 3 is 1.71 bits per heavy atom. The number of carbonyl (C=O) groups excluding carboxylic acids is 1. The Morgan fingerprint density at radius 1 is 0.917 bits per heavy atom. The summed E-state index contributed by atoms with van der Waals surface area (Å²) in [4.78, 5) is 23.4. The van der Waals surface area contributed by atoms with Crippen LogP contribution in [0.2, 0.25) is 0 Å².